The third kappa shape index (κ3) is 6.62. The van der Waals surface area contributed by atoms with Gasteiger partial charge in [-0.1, -0.05) is 18.2 Å². The zero-order valence-electron chi connectivity index (χ0n) is 14.3. The number of hydrogen-bond donors (Lipinski definition) is 2. The van der Waals surface area contributed by atoms with Crippen molar-refractivity contribution in [2.24, 2.45) is 0 Å². The second kappa shape index (κ2) is 10.7. The van der Waals surface area contributed by atoms with Crippen LogP contribution >= 0.6 is 11.8 Å². The predicted octanol–water partition coefficient (Wildman–Crippen LogP) is 1.53. The lowest BCUT2D eigenvalue weighted by Crippen LogP contribution is -2.43. The molecule has 0 heterocycles. The van der Waals surface area contributed by atoms with Crippen LogP contribution in [-0.4, -0.2) is 49.5 Å². The van der Waals surface area contributed by atoms with Crippen LogP contribution in [0.2, 0.25) is 0 Å². The van der Waals surface area contributed by atoms with Crippen molar-refractivity contribution in [2.75, 3.05) is 25.7 Å². The highest BCUT2D eigenvalue weighted by Gasteiger charge is 2.20. The molecule has 0 radical (unpaired) electrons. The Morgan fingerprint density at radius 3 is 2.58 bits per heavy atom. The number of thioether (sulfide) groups is 1. The normalized spacial score (nSPS) is 11.5. The summed E-state index contributed by atoms with van der Waals surface area (Å²) in [6, 6.07) is 6.60. The van der Waals surface area contributed by atoms with Gasteiger partial charge in [-0.05, 0) is 37.0 Å². The first-order valence-electron chi connectivity index (χ1n) is 7.69. The van der Waals surface area contributed by atoms with Gasteiger partial charge in [0.25, 0.3) is 5.91 Å². The van der Waals surface area contributed by atoms with Gasteiger partial charge in [0.15, 0.2) is 0 Å². The molecule has 6 nitrogen and oxygen atoms in total. The number of aryl methyl sites for hydroxylation is 1. The van der Waals surface area contributed by atoms with E-state index in [1.807, 2.05) is 25.3 Å². The summed E-state index contributed by atoms with van der Waals surface area (Å²) in [7, 11) is 1.29. The lowest BCUT2D eigenvalue weighted by molar-refractivity contribution is -0.145. The second-order valence-corrected chi connectivity index (χ2v) is 6.23. The summed E-state index contributed by atoms with van der Waals surface area (Å²) >= 11 is 1.59. The van der Waals surface area contributed by atoms with E-state index in [0.29, 0.717) is 12.0 Å². The molecule has 0 fully saturated rings. The van der Waals surface area contributed by atoms with E-state index in [1.54, 1.807) is 23.9 Å². The molecule has 1 aromatic carbocycles. The summed E-state index contributed by atoms with van der Waals surface area (Å²) in [4.78, 5) is 35.6. The minimum Gasteiger partial charge on any atom is -0.467 e. The number of amides is 2. The second-order valence-electron chi connectivity index (χ2n) is 5.25. The molecule has 1 rings (SSSR count). The van der Waals surface area contributed by atoms with Crippen molar-refractivity contribution in [2.45, 2.75) is 25.8 Å². The highest BCUT2D eigenvalue weighted by molar-refractivity contribution is 7.98. The Morgan fingerprint density at radius 2 is 1.96 bits per heavy atom. The molecular weight excluding hydrogens is 328 g/mol. The maximum absolute atomic E-state index is 12.0. The Hall–Kier alpha value is -2.02. The van der Waals surface area contributed by atoms with Gasteiger partial charge in [0.2, 0.25) is 5.91 Å². The zero-order valence-corrected chi connectivity index (χ0v) is 15.1. The van der Waals surface area contributed by atoms with Crippen LogP contribution in [-0.2, 0) is 14.3 Å². The Kier molecular flexibility index (Phi) is 8.93. The van der Waals surface area contributed by atoms with Crippen LogP contribution in [0.1, 0.15) is 28.8 Å². The van der Waals surface area contributed by atoms with Gasteiger partial charge in [-0.2, -0.15) is 11.8 Å². The highest BCUT2D eigenvalue weighted by atomic mass is 32.2. The molecule has 7 heteroatoms. The Balaban J connectivity index is 2.43. The summed E-state index contributed by atoms with van der Waals surface area (Å²) in [6.45, 7) is 2.06. The van der Waals surface area contributed by atoms with Gasteiger partial charge in [0, 0.05) is 18.5 Å². The minimum absolute atomic E-state index is 0.102. The lowest BCUT2D eigenvalue weighted by atomic mass is 10.1. The first-order chi connectivity index (χ1) is 11.5. The molecular formula is C17H24N2O4S. The van der Waals surface area contributed by atoms with Crippen LogP contribution in [0.15, 0.2) is 24.3 Å². The Morgan fingerprint density at radius 1 is 1.25 bits per heavy atom. The topological polar surface area (TPSA) is 84.5 Å². The summed E-state index contributed by atoms with van der Waals surface area (Å²) in [5, 5.41) is 5.36. The number of carbonyl (C=O) groups is 3. The first kappa shape index (κ1) is 20.0. The van der Waals surface area contributed by atoms with Crippen molar-refractivity contribution in [3.63, 3.8) is 0 Å². The molecule has 0 bridgehead atoms. The van der Waals surface area contributed by atoms with E-state index in [2.05, 4.69) is 10.6 Å². The molecule has 1 aromatic rings. The number of hydrogen-bond acceptors (Lipinski definition) is 5. The fourth-order valence-electron chi connectivity index (χ4n) is 2.11. The van der Waals surface area contributed by atoms with E-state index in [-0.39, 0.29) is 24.8 Å². The Bertz CT molecular complexity index is 577. The summed E-state index contributed by atoms with van der Waals surface area (Å²) in [5.41, 5.74) is 1.47. The van der Waals surface area contributed by atoms with Crippen LogP contribution in [0.4, 0.5) is 0 Å². The molecule has 0 unspecified atom stereocenters. The average molecular weight is 352 g/mol. The number of nitrogens with one attached hydrogen (secondary N) is 2. The number of rotatable bonds is 9. The summed E-state index contributed by atoms with van der Waals surface area (Å²) in [5.74, 6) is -0.227. The molecule has 24 heavy (non-hydrogen) atoms. The molecule has 0 saturated carbocycles. The van der Waals surface area contributed by atoms with Crippen molar-refractivity contribution in [3.05, 3.63) is 35.4 Å². The first-order valence-corrected chi connectivity index (χ1v) is 9.09. The highest BCUT2D eigenvalue weighted by Crippen LogP contribution is 2.06. The summed E-state index contributed by atoms with van der Waals surface area (Å²) < 4.78 is 4.69. The van der Waals surface area contributed by atoms with E-state index in [9.17, 15) is 14.4 Å². The van der Waals surface area contributed by atoms with Crippen molar-refractivity contribution < 1.29 is 19.1 Å². The molecule has 0 aliphatic rings. The Labute approximate surface area is 146 Å². The predicted molar refractivity (Wildman–Crippen MR) is 95.1 cm³/mol. The number of methoxy groups -OCH3 is 1. The van der Waals surface area contributed by atoms with E-state index < -0.39 is 12.0 Å². The monoisotopic (exact) mass is 352 g/mol. The third-order valence-electron chi connectivity index (χ3n) is 3.46. The van der Waals surface area contributed by atoms with E-state index in [4.69, 9.17) is 4.74 Å². The van der Waals surface area contributed by atoms with Gasteiger partial charge in [0.1, 0.15) is 6.04 Å². The SMILES string of the molecule is COC(=O)[C@@H](CCSC)NC(=O)CCNC(=O)c1ccccc1C. The lowest BCUT2D eigenvalue weighted by Gasteiger charge is -2.16. The molecule has 132 valence electrons. The van der Waals surface area contributed by atoms with Gasteiger partial charge < -0.3 is 15.4 Å². The number of benzene rings is 1. The van der Waals surface area contributed by atoms with Crippen molar-refractivity contribution >= 4 is 29.5 Å². The molecule has 0 aliphatic heterocycles. The van der Waals surface area contributed by atoms with Gasteiger partial charge in [-0.25, -0.2) is 4.79 Å². The number of carbonyl (C=O) groups excluding carboxylic acids is 3. The zero-order chi connectivity index (χ0) is 17.9. The van der Waals surface area contributed by atoms with Gasteiger partial charge in [-0.3, -0.25) is 9.59 Å². The molecule has 0 aromatic heterocycles. The molecule has 2 N–H and O–H groups in total. The molecule has 0 aliphatic carbocycles. The quantitative estimate of drug-likeness (QED) is 0.659. The van der Waals surface area contributed by atoms with Crippen molar-refractivity contribution in [1.82, 2.24) is 10.6 Å². The van der Waals surface area contributed by atoms with Gasteiger partial charge >= 0.3 is 5.97 Å². The van der Waals surface area contributed by atoms with Crippen molar-refractivity contribution in [3.8, 4) is 0 Å². The standard InChI is InChI=1S/C17H24N2O4S/c1-12-6-4-5-7-13(12)16(21)18-10-8-15(20)19-14(9-11-24-3)17(22)23-2/h4-7,14H,8-11H2,1-3H3,(H,18,21)(H,19,20)/t14-/m1/s1. The fraction of sp³-hybridized carbons (Fsp3) is 0.471. The number of esters is 1. The smallest absolute Gasteiger partial charge is 0.328 e. The fourth-order valence-corrected chi connectivity index (χ4v) is 2.58. The van der Waals surface area contributed by atoms with E-state index in [1.165, 1.54) is 7.11 Å². The van der Waals surface area contributed by atoms with Gasteiger partial charge in [-0.15, -0.1) is 0 Å². The number of ether oxygens (including phenoxy) is 1. The largest absolute Gasteiger partial charge is 0.467 e. The minimum atomic E-state index is -0.651. The molecule has 0 saturated heterocycles. The van der Waals surface area contributed by atoms with Crippen LogP contribution < -0.4 is 10.6 Å². The van der Waals surface area contributed by atoms with Crippen LogP contribution in [0, 0.1) is 6.92 Å². The van der Waals surface area contributed by atoms with Crippen LogP contribution in [0.5, 0.6) is 0 Å². The average Bonchev–Trinajstić information content (AvgIpc) is 2.58. The van der Waals surface area contributed by atoms with Crippen LogP contribution in [0.3, 0.4) is 0 Å². The summed E-state index contributed by atoms with van der Waals surface area (Å²) in [6.07, 6.45) is 2.54. The van der Waals surface area contributed by atoms with Gasteiger partial charge in [0.05, 0.1) is 7.11 Å². The van der Waals surface area contributed by atoms with Crippen molar-refractivity contribution in [1.29, 1.82) is 0 Å². The van der Waals surface area contributed by atoms with E-state index in [0.717, 1.165) is 11.3 Å². The maximum atomic E-state index is 12.0. The van der Waals surface area contributed by atoms with E-state index >= 15 is 0 Å². The third-order valence-corrected chi connectivity index (χ3v) is 4.10. The maximum Gasteiger partial charge on any atom is 0.328 e. The molecule has 1 atom stereocenters. The van der Waals surface area contributed by atoms with Crippen LogP contribution in [0.25, 0.3) is 0 Å². The molecule has 0 spiro atoms. The molecule has 2 amide bonds.